The summed E-state index contributed by atoms with van der Waals surface area (Å²) in [6, 6.07) is 4.30. The maximum Gasteiger partial charge on any atom is 0.340 e. The quantitative estimate of drug-likeness (QED) is 0.624. The Morgan fingerprint density at radius 3 is 2.33 bits per heavy atom. The fraction of sp³-hybridized carbons (Fsp3) is 0.364. The molecule has 0 aliphatic rings. The van der Waals surface area contributed by atoms with Crippen LogP contribution in [0.5, 0.6) is 0 Å². The van der Waals surface area contributed by atoms with Crippen molar-refractivity contribution < 1.29 is 17.9 Å². The van der Waals surface area contributed by atoms with E-state index in [-0.39, 0.29) is 10.5 Å². The molecule has 0 bridgehead atoms. The molecule has 1 rings (SSSR count). The fourth-order valence-corrected chi connectivity index (χ4v) is 2.44. The summed E-state index contributed by atoms with van der Waals surface area (Å²) in [6.45, 7) is 5.11. The monoisotopic (exact) mass is 383 g/mol. The van der Waals surface area contributed by atoms with Crippen LogP contribution in [0, 0.1) is 3.57 Å². The van der Waals surface area contributed by atoms with Gasteiger partial charge in [-0.05, 0) is 61.6 Å². The molecule has 0 amide bonds. The molecule has 0 unspecified atom stereocenters. The molecule has 0 saturated heterocycles. The Kier molecular flexibility index (Phi) is 4.39. The molecule has 7 heteroatoms. The predicted molar refractivity (Wildman–Crippen MR) is 75.7 cm³/mol. The summed E-state index contributed by atoms with van der Waals surface area (Å²) in [5.74, 6) is -0.704. The van der Waals surface area contributed by atoms with Crippen LogP contribution in [0.1, 0.15) is 31.1 Å². The van der Waals surface area contributed by atoms with Gasteiger partial charge in [-0.2, -0.15) is 0 Å². The van der Waals surface area contributed by atoms with Gasteiger partial charge in [0.05, 0.1) is 10.5 Å². The second-order valence-corrected chi connectivity index (χ2v) is 7.46. The van der Waals surface area contributed by atoms with Gasteiger partial charge >= 0.3 is 5.97 Å². The number of nitrogens with two attached hydrogens (primary N) is 1. The predicted octanol–water partition coefficient (Wildman–Crippen LogP) is 1.89. The van der Waals surface area contributed by atoms with Gasteiger partial charge in [0.15, 0.2) is 0 Å². The van der Waals surface area contributed by atoms with E-state index in [4.69, 9.17) is 9.88 Å². The van der Waals surface area contributed by atoms with E-state index in [2.05, 4.69) is 0 Å². The third-order valence-corrected chi connectivity index (χ3v) is 3.51. The Morgan fingerprint density at radius 2 is 1.89 bits per heavy atom. The minimum atomic E-state index is -3.96. The number of hydrogen-bond acceptors (Lipinski definition) is 4. The highest BCUT2D eigenvalue weighted by Gasteiger charge is 2.24. The normalized spacial score (nSPS) is 12.3. The van der Waals surface area contributed by atoms with Crippen LogP contribution in [0.15, 0.2) is 23.1 Å². The molecule has 100 valence electrons. The van der Waals surface area contributed by atoms with Crippen molar-refractivity contribution in [1.29, 1.82) is 0 Å². The SMILES string of the molecule is CC(C)(C)OC(=O)c1cc(I)ccc1S(N)(=O)=O. The number of carbonyl (C=O) groups is 1. The van der Waals surface area contributed by atoms with E-state index < -0.39 is 21.6 Å². The number of carbonyl (C=O) groups excluding carboxylic acids is 1. The van der Waals surface area contributed by atoms with Crippen molar-refractivity contribution in [2.75, 3.05) is 0 Å². The molecule has 0 heterocycles. The van der Waals surface area contributed by atoms with Gasteiger partial charge in [-0.15, -0.1) is 0 Å². The lowest BCUT2D eigenvalue weighted by molar-refractivity contribution is 0.00650. The van der Waals surface area contributed by atoms with Crippen molar-refractivity contribution in [3.8, 4) is 0 Å². The summed E-state index contributed by atoms with van der Waals surface area (Å²) < 4.78 is 28.7. The lowest BCUT2D eigenvalue weighted by Gasteiger charge is -2.20. The highest BCUT2D eigenvalue weighted by molar-refractivity contribution is 14.1. The van der Waals surface area contributed by atoms with E-state index in [9.17, 15) is 13.2 Å². The summed E-state index contributed by atoms with van der Waals surface area (Å²) in [7, 11) is -3.96. The number of primary sulfonamides is 1. The highest BCUT2D eigenvalue weighted by atomic mass is 127. The zero-order valence-corrected chi connectivity index (χ0v) is 13.2. The Labute approximate surface area is 120 Å². The first-order valence-electron chi connectivity index (χ1n) is 5.06. The molecular formula is C11H14INO4S. The first-order chi connectivity index (χ1) is 8.00. The van der Waals surface area contributed by atoms with Gasteiger partial charge in [-0.3, -0.25) is 0 Å². The molecule has 1 aromatic rings. The first-order valence-corrected chi connectivity index (χ1v) is 7.69. The third-order valence-electron chi connectivity index (χ3n) is 1.87. The van der Waals surface area contributed by atoms with E-state index in [0.717, 1.165) is 3.57 Å². The average Bonchev–Trinajstić information content (AvgIpc) is 2.12. The Bertz CT molecular complexity index is 575. The highest BCUT2D eigenvalue weighted by Crippen LogP contribution is 2.21. The standard InChI is InChI=1S/C11H14INO4S/c1-11(2,3)17-10(14)8-6-7(12)4-5-9(8)18(13,15)16/h4-6H,1-3H3,(H2,13,15,16). The van der Waals surface area contributed by atoms with Crippen molar-refractivity contribution in [3.05, 3.63) is 27.3 Å². The molecule has 2 N–H and O–H groups in total. The minimum absolute atomic E-state index is 0.0423. The zero-order valence-electron chi connectivity index (χ0n) is 10.2. The molecular weight excluding hydrogens is 369 g/mol. The summed E-state index contributed by atoms with van der Waals surface area (Å²) >= 11 is 1.98. The van der Waals surface area contributed by atoms with Crippen molar-refractivity contribution in [2.24, 2.45) is 5.14 Å². The molecule has 0 atom stereocenters. The van der Waals surface area contributed by atoms with E-state index in [1.54, 1.807) is 26.8 Å². The van der Waals surface area contributed by atoms with E-state index in [1.165, 1.54) is 12.1 Å². The molecule has 0 fully saturated rings. The van der Waals surface area contributed by atoms with Crippen molar-refractivity contribution in [2.45, 2.75) is 31.3 Å². The molecule has 0 spiro atoms. The van der Waals surface area contributed by atoms with Gasteiger partial charge in [-0.25, -0.2) is 18.4 Å². The Hall–Kier alpha value is -0.670. The van der Waals surface area contributed by atoms with Crippen LogP contribution in [-0.2, 0) is 14.8 Å². The zero-order chi connectivity index (χ0) is 14.1. The summed E-state index contributed by atoms with van der Waals surface area (Å²) in [4.78, 5) is 11.7. The smallest absolute Gasteiger partial charge is 0.340 e. The van der Waals surface area contributed by atoms with Gasteiger partial charge in [0.2, 0.25) is 10.0 Å². The van der Waals surface area contributed by atoms with Gasteiger partial charge < -0.3 is 4.74 Å². The largest absolute Gasteiger partial charge is 0.456 e. The molecule has 0 aliphatic carbocycles. The maximum absolute atomic E-state index is 11.9. The Balaban J connectivity index is 3.31. The van der Waals surface area contributed by atoms with Crippen LogP contribution in [0.4, 0.5) is 0 Å². The topological polar surface area (TPSA) is 86.5 Å². The van der Waals surface area contributed by atoms with Gasteiger partial charge in [0.25, 0.3) is 0 Å². The first kappa shape index (κ1) is 15.4. The number of benzene rings is 1. The van der Waals surface area contributed by atoms with Gasteiger partial charge in [-0.1, -0.05) is 0 Å². The van der Waals surface area contributed by atoms with Gasteiger partial charge in [0, 0.05) is 3.57 Å². The summed E-state index contributed by atoms with van der Waals surface area (Å²) in [5.41, 5.74) is -0.743. The van der Waals surface area contributed by atoms with Crippen molar-refractivity contribution in [3.63, 3.8) is 0 Å². The van der Waals surface area contributed by atoms with Crippen LogP contribution in [0.25, 0.3) is 0 Å². The van der Waals surface area contributed by atoms with Crippen LogP contribution >= 0.6 is 22.6 Å². The third kappa shape index (κ3) is 4.21. The second-order valence-electron chi connectivity index (χ2n) is 4.69. The Morgan fingerprint density at radius 1 is 1.33 bits per heavy atom. The van der Waals surface area contributed by atoms with Crippen LogP contribution in [0.3, 0.4) is 0 Å². The number of halogens is 1. The minimum Gasteiger partial charge on any atom is -0.456 e. The summed E-state index contributed by atoms with van der Waals surface area (Å²) in [6.07, 6.45) is 0. The number of hydrogen-bond donors (Lipinski definition) is 1. The van der Waals surface area contributed by atoms with E-state index >= 15 is 0 Å². The van der Waals surface area contributed by atoms with Crippen LogP contribution in [-0.4, -0.2) is 20.0 Å². The van der Waals surface area contributed by atoms with Crippen molar-refractivity contribution >= 4 is 38.6 Å². The maximum atomic E-state index is 11.9. The average molecular weight is 383 g/mol. The molecule has 0 radical (unpaired) electrons. The number of sulfonamides is 1. The number of ether oxygens (including phenoxy) is 1. The molecule has 1 aromatic carbocycles. The molecule has 0 aliphatic heterocycles. The van der Waals surface area contributed by atoms with Crippen LogP contribution < -0.4 is 5.14 Å². The molecule has 0 saturated carbocycles. The number of rotatable bonds is 2. The van der Waals surface area contributed by atoms with Crippen molar-refractivity contribution in [1.82, 2.24) is 0 Å². The molecule has 18 heavy (non-hydrogen) atoms. The summed E-state index contributed by atoms with van der Waals surface area (Å²) in [5, 5.41) is 5.07. The second kappa shape index (κ2) is 5.14. The lowest BCUT2D eigenvalue weighted by atomic mass is 10.1. The molecule has 0 aromatic heterocycles. The molecule has 5 nitrogen and oxygen atoms in total. The van der Waals surface area contributed by atoms with Gasteiger partial charge in [0.1, 0.15) is 5.60 Å². The lowest BCUT2D eigenvalue weighted by Crippen LogP contribution is -2.26. The van der Waals surface area contributed by atoms with E-state index in [0.29, 0.717) is 0 Å². The van der Waals surface area contributed by atoms with Crippen LogP contribution in [0.2, 0.25) is 0 Å². The fourth-order valence-electron chi connectivity index (χ4n) is 1.24. The number of esters is 1. The van der Waals surface area contributed by atoms with E-state index in [1.807, 2.05) is 22.6 Å².